The molecular weight excluding hydrogens is 154 g/mol. The van der Waals surface area contributed by atoms with Crippen LogP contribution < -0.4 is 5.48 Å². The molecule has 3 heteroatoms. The average Bonchev–Trinajstić information content (AvgIpc) is 2.09. The van der Waals surface area contributed by atoms with Crippen LogP contribution in [0.2, 0.25) is 0 Å². The summed E-state index contributed by atoms with van der Waals surface area (Å²) in [5.74, 6) is -0.179. The van der Waals surface area contributed by atoms with Gasteiger partial charge in [-0.1, -0.05) is 12.2 Å². The number of hydrogen-bond donors (Lipinski definition) is 1. The molecule has 0 aliphatic carbocycles. The Bertz CT molecular complexity index is 143. The second-order valence-electron chi connectivity index (χ2n) is 2.43. The quantitative estimate of drug-likeness (QED) is 0.376. The number of rotatable bonds is 6. The molecule has 0 aliphatic heterocycles. The van der Waals surface area contributed by atoms with Crippen LogP contribution in [0.5, 0.6) is 0 Å². The van der Waals surface area contributed by atoms with Crippen LogP contribution in [0.4, 0.5) is 0 Å². The highest BCUT2D eigenvalue weighted by atomic mass is 16.7. The zero-order valence-electron chi connectivity index (χ0n) is 7.80. The molecule has 0 heterocycles. The van der Waals surface area contributed by atoms with E-state index in [0.717, 1.165) is 12.8 Å². The first-order valence-electron chi connectivity index (χ1n) is 4.35. The number of allylic oxidation sites excluding steroid dienone is 2. The number of nitrogens with one attached hydrogen (secondary N) is 1. The molecule has 0 saturated carbocycles. The Balaban J connectivity index is 3.19. The molecule has 0 unspecified atom stereocenters. The Morgan fingerprint density at radius 1 is 1.58 bits per heavy atom. The lowest BCUT2D eigenvalue weighted by Gasteiger charge is -2.01. The van der Waals surface area contributed by atoms with E-state index in [2.05, 4.69) is 10.3 Å². The molecule has 0 spiro atoms. The van der Waals surface area contributed by atoms with Crippen molar-refractivity contribution in [1.29, 1.82) is 0 Å². The fourth-order valence-electron chi connectivity index (χ4n) is 0.735. The van der Waals surface area contributed by atoms with E-state index < -0.39 is 0 Å². The van der Waals surface area contributed by atoms with Crippen molar-refractivity contribution in [2.75, 3.05) is 6.54 Å². The highest BCUT2D eigenvalue weighted by molar-refractivity contribution is 5.68. The van der Waals surface area contributed by atoms with E-state index in [-0.39, 0.29) is 5.97 Å². The van der Waals surface area contributed by atoms with E-state index in [1.807, 2.05) is 26.0 Å². The fourth-order valence-corrected chi connectivity index (χ4v) is 0.735. The minimum Gasteiger partial charge on any atom is -0.371 e. The molecule has 3 nitrogen and oxygen atoms in total. The number of unbranched alkanes of at least 4 members (excludes halogenated alkanes) is 1. The van der Waals surface area contributed by atoms with Crippen LogP contribution >= 0.6 is 0 Å². The van der Waals surface area contributed by atoms with Gasteiger partial charge in [0, 0.05) is 13.0 Å². The van der Waals surface area contributed by atoms with Gasteiger partial charge >= 0.3 is 5.97 Å². The van der Waals surface area contributed by atoms with Crippen molar-refractivity contribution in [3.63, 3.8) is 0 Å². The molecule has 0 rings (SSSR count). The maximum Gasteiger partial charge on any atom is 0.324 e. The Morgan fingerprint density at radius 3 is 2.92 bits per heavy atom. The predicted molar refractivity (Wildman–Crippen MR) is 48.4 cm³/mol. The summed E-state index contributed by atoms with van der Waals surface area (Å²) in [6.45, 7) is 4.50. The molecule has 0 bridgehead atoms. The predicted octanol–water partition coefficient (Wildman–Crippen LogP) is 1.80. The van der Waals surface area contributed by atoms with Crippen molar-refractivity contribution in [3.8, 4) is 0 Å². The molecule has 0 aromatic carbocycles. The first kappa shape index (κ1) is 11.2. The third-order valence-electron chi connectivity index (χ3n) is 1.32. The summed E-state index contributed by atoms with van der Waals surface area (Å²) in [5.41, 5.74) is 2.52. The van der Waals surface area contributed by atoms with Gasteiger partial charge in [0.05, 0.1) is 0 Å². The molecule has 70 valence electrons. The number of carbonyl (C=O) groups excluding carboxylic acids is 1. The highest BCUT2D eigenvalue weighted by Crippen LogP contribution is 1.97. The topological polar surface area (TPSA) is 38.3 Å². The van der Waals surface area contributed by atoms with E-state index >= 15 is 0 Å². The van der Waals surface area contributed by atoms with E-state index in [1.165, 1.54) is 0 Å². The van der Waals surface area contributed by atoms with Crippen molar-refractivity contribution < 1.29 is 9.63 Å². The SMILES string of the molecule is C/C=C\CCCC(=O)ONCC. The van der Waals surface area contributed by atoms with E-state index in [4.69, 9.17) is 0 Å². The van der Waals surface area contributed by atoms with Gasteiger partial charge in [0.1, 0.15) is 0 Å². The van der Waals surface area contributed by atoms with Crippen LogP contribution in [0.25, 0.3) is 0 Å². The number of carbonyl (C=O) groups is 1. The molecule has 1 N–H and O–H groups in total. The van der Waals surface area contributed by atoms with Gasteiger partial charge < -0.3 is 4.84 Å². The normalized spacial score (nSPS) is 10.5. The lowest BCUT2D eigenvalue weighted by molar-refractivity contribution is -0.150. The lowest BCUT2D eigenvalue weighted by atomic mass is 10.2. The second kappa shape index (κ2) is 8.27. The third-order valence-corrected chi connectivity index (χ3v) is 1.32. The summed E-state index contributed by atoms with van der Waals surface area (Å²) in [7, 11) is 0. The molecule has 12 heavy (non-hydrogen) atoms. The number of hydrogen-bond acceptors (Lipinski definition) is 3. The zero-order chi connectivity index (χ0) is 9.23. The van der Waals surface area contributed by atoms with Crippen LogP contribution in [0, 0.1) is 0 Å². The van der Waals surface area contributed by atoms with Gasteiger partial charge in [-0.25, -0.2) is 0 Å². The third kappa shape index (κ3) is 7.28. The second-order valence-corrected chi connectivity index (χ2v) is 2.43. The maximum absolute atomic E-state index is 10.9. The minimum atomic E-state index is -0.179. The first-order chi connectivity index (χ1) is 5.81. The van der Waals surface area contributed by atoms with Gasteiger partial charge in [0.2, 0.25) is 0 Å². The van der Waals surface area contributed by atoms with Crippen molar-refractivity contribution in [3.05, 3.63) is 12.2 Å². The minimum absolute atomic E-state index is 0.179. The summed E-state index contributed by atoms with van der Waals surface area (Å²) in [6, 6.07) is 0. The van der Waals surface area contributed by atoms with Crippen molar-refractivity contribution >= 4 is 5.97 Å². The van der Waals surface area contributed by atoms with E-state index in [9.17, 15) is 4.79 Å². The van der Waals surface area contributed by atoms with Crippen molar-refractivity contribution in [2.24, 2.45) is 0 Å². The highest BCUT2D eigenvalue weighted by Gasteiger charge is 1.99. The van der Waals surface area contributed by atoms with E-state index in [1.54, 1.807) is 0 Å². The molecule has 0 radical (unpaired) electrons. The zero-order valence-corrected chi connectivity index (χ0v) is 7.80. The van der Waals surface area contributed by atoms with Crippen LogP contribution in [-0.2, 0) is 9.63 Å². The van der Waals surface area contributed by atoms with Crippen LogP contribution in [0.3, 0.4) is 0 Å². The lowest BCUT2D eigenvalue weighted by Crippen LogP contribution is -2.18. The Labute approximate surface area is 73.7 Å². The molecule has 0 amide bonds. The first-order valence-corrected chi connectivity index (χ1v) is 4.35. The van der Waals surface area contributed by atoms with Gasteiger partial charge in [0.15, 0.2) is 0 Å². The van der Waals surface area contributed by atoms with Gasteiger partial charge in [-0.15, -0.1) is 0 Å². The largest absolute Gasteiger partial charge is 0.371 e. The summed E-state index contributed by atoms with van der Waals surface area (Å²) < 4.78 is 0. The monoisotopic (exact) mass is 171 g/mol. The van der Waals surface area contributed by atoms with Gasteiger partial charge in [-0.05, 0) is 26.7 Å². The van der Waals surface area contributed by atoms with Crippen LogP contribution in [-0.4, -0.2) is 12.5 Å². The fraction of sp³-hybridized carbons (Fsp3) is 0.667. The molecular formula is C9H17NO2. The Kier molecular flexibility index (Phi) is 7.70. The van der Waals surface area contributed by atoms with E-state index in [0.29, 0.717) is 13.0 Å². The Morgan fingerprint density at radius 2 is 2.33 bits per heavy atom. The summed E-state index contributed by atoms with van der Waals surface area (Å²) in [6.07, 6.45) is 6.31. The standard InChI is InChI=1S/C9H17NO2/c1-3-5-6-7-8-9(11)12-10-4-2/h3,5,10H,4,6-8H2,1-2H3/b5-3-. The average molecular weight is 171 g/mol. The molecule has 0 fully saturated rings. The molecule has 0 atom stereocenters. The Hall–Kier alpha value is -0.830. The number of hydroxylamine groups is 1. The smallest absolute Gasteiger partial charge is 0.324 e. The van der Waals surface area contributed by atoms with Crippen LogP contribution in [0.1, 0.15) is 33.1 Å². The van der Waals surface area contributed by atoms with Crippen LogP contribution in [0.15, 0.2) is 12.2 Å². The van der Waals surface area contributed by atoms with Gasteiger partial charge in [-0.2, -0.15) is 5.48 Å². The van der Waals surface area contributed by atoms with Crippen molar-refractivity contribution in [1.82, 2.24) is 5.48 Å². The van der Waals surface area contributed by atoms with Crippen molar-refractivity contribution in [2.45, 2.75) is 33.1 Å². The molecule has 0 aromatic heterocycles. The molecule has 0 saturated heterocycles. The van der Waals surface area contributed by atoms with Gasteiger partial charge in [-0.3, -0.25) is 4.79 Å². The maximum atomic E-state index is 10.9. The summed E-state index contributed by atoms with van der Waals surface area (Å²) >= 11 is 0. The molecule has 0 aromatic rings. The summed E-state index contributed by atoms with van der Waals surface area (Å²) in [5, 5.41) is 0. The summed E-state index contributed by atoms with van der Waals surface area (Å²) in [4.78, 5) is 15.5. The molecule has 0 aliphatic rings. The van der Waals surface area contributed by atoms with Gasteiger partial charge in [0.25, 0.3) is 0 Å².